The van der Waals surface area contributed by atoms with Crippen LogP contribution in [-0.4, -0.2) is 46.5 Å². The number of aromatic nitrogens is 1. The molecule has 0 unspecified atom stereocenters. The number of esters is 1. The molecule has 0 atom stereocenters. The molecule has 0 N–H and O–H groups in total. The SMILES string of the molecule is CCOC(=O)c1cc(CN2CC(=O)N(c3ccc(SC(F)(F)F)cc3)C2=O)ccn1. The molecule has 1 aromatic heterocycles. The summed E-state index contributed by atoms with van der Waals surface area (Å²) in [5.74, 6) is -1.10. The molecule has 1 fully saturated rings. The summed E-state index contributed by atoms with van der Waals surface area (Å²) in [5, 5.41) is 0. The highest BCUT2D eigenvalue weighted by molar-refractivity contribution is 8.00. The van der Waals surface area contributed by atoms with Crippen LogP contribution < -0.4 is 4.90 Å². The smallest absolute Gasteiger partial charge is 0.446 e. The number of anilines is 1. The lowest BCUT2D eigenvalue weighted by atomic mass is 10.2. The molecule has 0 radical (unpaired) electrons. The van der Waals surface area contributed by atoms with Crippen LogP contribution in [0.2, 0.25) is 0 Å². The summed E-state index contributed by atoms with van der Waals surface area (Å²) in [6.07, 6.45) is 1.40. The van der Waals surface area contributed by atoms with Crippen molar-refractivity contribution in [3.63, 3.8) is 0 Å². The molecule has 0 bridgehead atoms. The molecule has 0 spiro atoms. The van der Waals surface area contributed by atoms with Gasteiger partial charge in [0.1, 0.15) is 12.2 Å². The van der Waals surface area contributed by atoms with E-state index in [0.29, 0.717) is 5.56 Å². The van der Waals surface area contributed by atoms with Crippen LogP contribution in [0.3, 0.4) is 0 Å². The minimum atomic E-state index is -4.43. The molecule has 7 nitrogen and oxygen atoms in total. The van der Waals surface area contributed by atoms with Gasteiger partial charge in [-0.3, -0.25) is 4.79 Å². The number of rotatable bonds is 6. The maximum Gasteiger partial charge on any atom is 0.446 e. The summed E-state index contributed by atoms with van der Waals surface area (Å²) in [5.41, 5.74) is -3.58. The molecule has 0 saturated carbocycles. The van der Waals surface area contributed by atoms with Gasteiger partial charge in [0, 0.05) is 17.6 Å². The largest absolute Gasteiger partial charge is 0.461 e. The van der Waals surface area contributed by atoms with Gasteiger partial charge in [0.05, 0.1) is 12.3 Å². The lowest BCUT2D eigenvalue weighted by Gasteiger charge is -2.17. The maximum absolute atomic E-state index is 12.7. The van der Waals surface area contributed by atoms with Crippen LogP contribution in [0.25, 0.3) is 0 Å². The van der Waals surface area contributed by atoms with Crippen molar-refractivity contribution in [3.05, 3.63) is 53.9 Å². The van der Waals surface area contributed by atoms with Crippen molar-refractivity contribution in [2.75, 3.05) is 18.1 Å². The molecule has 2 heterocycles. The number of ether oxygens (including phenoxy) is 1. The van der Waals surface area contributed by atoms with E-state index in [-0.39, 0.29) is 47.7 Å². The number of benzene rings is 1. The van der Waals surface area contributed by atoms with Crippen LogP contribution >= 0.6 is 11.8 Å². The predicted octanol–water partition coefficient (Wildman–Crippen LogP) is 3.84. The van der Waals surface area contributed by atoms with Crippen LogP contribution in [0.4, 0.5) is 23.7 Å². The normalized spacial score (nSPS) is 14.4. The Balaban J connectivity index is 1.72. The number of amides is 3. The summed E-state index contributed by atoms with van der Waals surface area (Å²) in [7, 11) is 0. The molecule has 1 aliphatic rings. The monoisotopic (exact) mass is 439 g/mol. The number of pyridine rings is 1. The van der Waals surface area contributed by atoms with Gasteiger partial charge in [-0.25, -0.2) is 19.5 Å². The first kappa shape index (κ1) is 21.6. The zero-order valence-corrected chi connectivity index (χ0v) is 16.5. The van der Waals surface area contributed by atoms with Crippen LogP contribution in [0.1, 0.15) is 23.0 Å². The Morgan fingerprint density at radius 1 is 1.20 bits per heavy atom. The number of halogens is 3. The number of thioether (sulfide) groups is 1. The van der Waals surface area contributed by atoms with Gasteiger partial charge in [0.25, 0.3) is 5.91 Å². The van der Waals surface area contributed by atoms with E-state index in [0.717, 1.165) is 4.90 Å². The van der Waals surface area contributed by atoms with Crippen LogP contribution in [-0.2, 0) is 16.1 Å². The van der Waals surface area contributed by atoms with Crippen molar-refractivity contribution in [1.29, 1.82) is 0 Å². The fourth-order valence-electron chi connectivity index (χ4n) is 2.83. The van der Waals surface area contributed by atoms with Crippen LogP contribution in [0.15, 0.2) is 47.5 Å². The van der Waals surface area contributed by atoms with Crippen molar-refractivity contribution in [1.82, 2.24) is 9.88 Å². The molecule has 1 aliphatic heterocycles. The van der Waals surface area contributed by atoms with Gasteiger partial charge in [0.2, 0.25) is 0 Å². The average molecular weight is 439 g/mol. The van der Waals surface area contributed by atoms with E-state index in [1.165, 1.54) is 41.4 Å². The number of imide groups is 1. The van der Waals surface area contributed by atoms with Crippen molar-refractivity contribution in [3.8, 4) is 0 Å². The van der Waals surface area contributed by atoms with E-state index < -0.39 is 23.4 Å². The number of nitrogens with zero attached hydrogens (tertiary/aromatic N) is 3. The Kier molecular flexibility index (Phi) is 6.30. The lowest BCUT2D eigenvalue weighted by Crippen LogP contribution is -2.32. The van der Waals surface area contributed by atoms with Crippen molar-refractivity contribution < 1.29 is 32.3 Å². The van der Waals surface area contributed by atoms with Crippen LogP contribution in [0.5, 0.6) is 0 Å². The Morgan fingerprint density at radius 2 is 1.90 bits per heavy atom. The number of carbonyl (C=O) groups excluding carboxylic acids is 3. The van der Waals surface area contributed by atoms with E-state index in [9.17, 15) is 27.6 Å². The molecule has 11 heteroatoms. The standard InChI is InChI=1S/C19H16F3N3O4S/c1-2-29-17(27)15-9-12(7-8-23-15)10-24-11-16(26)25(18(24)28)13-3-5-14(6-4-13)30-19(20,21)22/h3-9H,2,10-11H2,1H3. The molecular weight excluding hydrogens is 423 g/mol. The van der Waals surface area contributed by atoms with Gasteiger partial charge in [-0.15, -0.1) is 0 Å². The van der Waals surface area contributed by atoms with Gasteiger partial charge in [-0.05, 0) is 60.6 Å². The third kappa shape index (κ3) is 5.09. The zero-order chi connectivity index (χ0) is 21.9. The molecule has 3 amide bonds. The molecule has 30 heavy (non-hydrogen) atoms. The highest BCUT2D eigenvalue weighted by atomic mass is 32.2. The Labute approximate surface area is 173 Å². The van der Waals surface area contributed by atoms with E-state index >= 15 is 0 Å². The number of urea groups is 1. The molecule has 2 aromatic rings. The fraction of sp³-hybridized carbons (Fsp3) is 0.263. The quantitative estimate of drug-likeness (QED) is 0.387. The Morgan fingerprint density at radius 3 is 2.53 bits per heavy atom. The molecule has 3 rings (SSSR count). The van der Waals surface area contributed by atoms with E-state index in [2.05, 4.69) is 4.98 Å². The first-order valence-electron chi connectivity index (χ1n) is 8.77. The molecule has 0 aliphatic carbocycles. The van der Waals surface area contributed by atoms with Crippen LogP contribution in [0, 0.1) is 0 Å². The zero-order valence-electron chi connectivity index (χ0n) is 15.7. The Bertz CT molecular complexity index is 966. The third-order valence-corrected chi connectivity index (χ3v) is 4.79. The van der Waals surface area contributed by atoms with Gasteiger partial charge >= 0.3 is 17.5 Å². The second-order valence-electron chi connectivity index (χ2n) is 6.18. The third-order valence-electron chi connectivity index (χ3n) is 4.05. The van der Waals surface area contributed by atoms with E-state index in [4.69, 9.17) is 4.74 Å². The molecular formula is C19H16F3N3O4S. The Hall–Kier alpha value is -3.08. The minimum Gasteiger partial charge on any atom is -0.461 e. The van der Waals surface area contributed by atoms with Crippen molar-refractivity contribution in [2.45, 2.75) is 23.9 Å². The van der Waals surface area contributed by atoms with E-state index in [1.54, 1.807) is 13.0 Å². The highest BCUT2D eigenvalue weighted by Gasteiger charge is 2.37. The van der Waals surface area contributed by atoms with Crippen molar-refractivity contribution in [2.24, 2.45) is 0 Å². The second-order valence-corrected chi connectivity index (χ2v) is 7.32. The average Bonchev–Trinajstić information content (AvgIpc) is 2.95. The summed E-state index contributed by atoms with van der Waals surface area (Å²) in [6, 6.07) is 7.45. The predicted molar refractivity (Wildman–Crippen MR) is 102 cm³/mol. The summed E-state index contributed by atoms with van der Waals surface area (Å²) in [6.45, 7) is 1.71. The first-order chi connectivity index (χ1) is 14.2. The molecule has 1 aromatic carbocycles. The fourth-order valence-corrected chi connectivity index (χ4v) is 3.37. The van der Waals surface area contributed by atoms with Gasteiger partial charge in [-0.2, -0.15) is 13.2 Å². The van der Waals surface area contributed by atoms with Crippen molar-refractivity contribution >= 4 is 35.4 Å². The molecule has 1 saturated heterocycles. The number of hydrogen-bond acceptors (Lipinski definition) is 6. The number of alkyl halides is 3. The minimum absolute atomic E-state index is 0.0505. The lowest BCUT2D eigenvalue weighted by molar-refractivity contribution is -0.116. The number of hydrogen-bond donors (Lipinski definition) is 0. The molecule has 158 valence electrons. The van der Waals surface area contributed by atoms with E-state index in [1.807, 2.05) is 0 Å². The van der Waals surface area contributed by atoms with Gasteiger partial charge in [-0.1, -0.05) is 0 Å². The highest BCUT2D eigenvalue weighted by Crippen LogP contribution is 2.37. The summed E-state index contributed by atoms with van der Waals surface area (Å²) >= 11 is -0.280. The topological polar surface area (TPSA) is 79.8 Å². The second kappa shape index (κ2) is 8.74. The number of carbonyl (C=O) groups is 3. The van der Waals surface area contributed by atoms with Gasteiger partial charge < -0.3 is 9.64 Å². The maximum atomic E-state index is 12.7. The summed E-state index contributed by atoms with van der Waals surface area (Å²) < 4.78 is 42.2. The van der Waals surface area contributed by atoms with Gasteiger partial charge in [0.15, 0.2) is 0 Å². The first-order valence-corrected chi connectivity index (χ1v) is 9.59. The summed E-state index contributed by atoms with van der Waals surface area (Å²) in [4.78, 5) is 42.9.